The van der Waals surface area contributed by atoms with E-state index in [1.165, 1.54) is 65.4 Å². The van der Waals surface area contributed by atoms with Crippen molar-refractivity contribution in [2.24, 2.45) is 28.8 Å². The van der Waals surface area contributed by atoms with Gasteiger partial charge in [0.1, 0.15) is 34.7 Å². The Hall–Kier alpha value is -7.49. The number of phenolic OH excluding ortho intramolecular Hbond substituents is 3. The number of carboxylic acids is 1. The fourth-order valence-corrected chi connectivity index (χ4v) is 10.5. The number of pyridine rings is 1. The number of nitrogens with one attached hydrogen (secondary N) is 1. The minimum atomic E-state index is -2.14. The molecule has 5 heterocycles. The number of fused-ring (bicyclic) bond motifs is 15. The Morgan fingerprint density at radius 3 is 2.24 bits per heavy atom. The molecule has 5 aliphatic rings. The van der Waals surface area contributed by atoms with Gasteiger partial charge in [0, 0.05) is 91.9 Å². The Bertz CT molecular complexity index is 3210. The van der Waals surface area contributed by atoms with Crippen molar-refractivity contribution in [3.05, 3.63) is 92.8 Å². The highest BCUT2D eigenvalue weighted by molar-refractivity contribution is 6.24. The maximum Gasteiger partial charge on any atom is 0.341 e. The molecule has 1 amide bonds. The van der Waals surface area contributed by atoms with Gasteiger partial charge in [-0.2, -0.15) is 5.10 Å². The summed E-state index contributed by atoms with van der Waals surface area (Å²) in [6, 6.07) is 2.59. The first-order valence-corrected chi connectivity index (χ1v) is 25.1. The van der Waals surface area contributed by atoms with E-state index in [1.807, 2.05) is 0 Å². The van der Waals surface area contributed by atoms with E-state index in [1.54, 1.807) is 54.3 Å². The number of aromatic carboxylic acids is 1. The largest absolute Gasteiger partial charge is 0.507 e. The van der Waals surface area contributed by atoms with E-state index >= 15 is 4.39 Å². The molecule has 9 rings (SSSR count). The predicted molar refractivity (Wildman–Crippen MR) is 279 cm³/mol. The average molecular weight is 1050 g/mol. The molecule has 5 bridgehead atoms. The lowest BCUT2D eigenvalue weighted by atomic mass is 9.78. The van der Waals surface area contributed by atoms with Crippen LogP contribution in [0.5, 0.6) is 23.0 Å². The molecule has 20 nitrogen and oxygen atoms in total. The van der Waals surface area contributed by atoms with Crippen molar-refractivity contribution in [3.8, 4) is 23.0 Å². The normalized spacial score (nSPS) is 28.3. The number of halogens is 1. The number of methoxy groups -OCH3 is 1. The van der Waals surface area contributed by atoms with Crippen molar-refractivity contribution in [3.63, 3.8) is 0 Å². The van der Waals surface area contributed by atoms with Crippen LogP contribution in [0.2, 0.25) is 0 Å². The van der Waals surface area contributed by atoms with Crippen LogP contribution < -0.4 is 20.4 Å². The number of phenols is 3. The van der Waals surface area contributed by atoms with Gasteiger partial charge in [-0.05, 0) is 44.9 Å². The minimum absolute atomic E-state index is 0.0143. The number of carbonyl (C=O) groups excluding carboxylic acids is 3. The van der Waals surface area contributed by atoms with Gasteiger partial charge < -0.3 is 64.4 Å². The second-order valence-electron chi connectivity index (χ2n) is 20.4. The lowest BCUT2D eigenvalue weighted by Gasteiger charge is -2.38. The molecule has 0 spiro atoms. The average Bonchev–Trinajstić information content (AvgIpc) is 4.24. The van der Waals surface area contributed by atoms with Crippen LogP contribution in [0.3, 0.4) is 0 Å². The molecule has 1 aromatic heterocycles. The zero-order chi connectivity index (χ0) is 55.4. The number of esters is 1. The number of aliphatic hydroxyl groups is 2. The lowest BCUT2D eigenvalue weighted by Crippen LogP contribution is -2.46. The number of amides is 1. The van der Waals surface area contributed by atoms with Gasteiger partial charge in [-0.3, -0.25) is 24.2 Å². The summed E-state index contributed by atoms with van der Waals surface area (Å²) in [7, 11) is 1.41. The number of nitrogens with zero attached hydrogens (tertiary/aromatic N) is 4. The molecule has 1 saturated heterocycles. The van der Waals surface area contributed by atoms with Gasteiger partial charge in [0.2, 0.25) is 5.43 Å². The summed E-state index contributed by atoms with van der Waals surface area (Å²) in [5.74, 6) is -11.4. The number of aromatic hydroxyl groups is 3. The molecule has 76 heavy (non-hydrogen) atoms. The third-order valence-electron chi connectivity index (χ3n) is 15.3. The van der Waals surface area contributed by atoms with Crippen molar-refractivity contribution in [2.45, 2.75) is 104 Å². The van der Waals surface area contributed by atoms with Crippen LogP contribution in [0.25, 0.3) is 21.7 Å². The highest BCUT2D eigenvalue weighted by Gasteiger charge is 2.50. The molecule has 4 aliphatic heterocycles. The van der Waals surface area contributed by atoms with Crippen molar-refractivity contribution >= 4 is 62.9 Å². The van der Waals surface area contributed by atoms with Crippen LogP contribution in [-0.4, -0.2) is 134 Å². The molecular weight excluding hydrogens is 990 g/mol. The monoisotopic (exact) mass is 1050 g/mol. The van der Waals surface area contributed by atoms with E-state index < -0.39 is 117 Å². The van der Waals surface area contributed by atoms with Gasteiger partial charge in [-0.1, -0.05) is 45.9 Å². The summed E-state index contributed by atoms with van der Waals surface area (Å²) < 4.78 is 41.3. The van der Waals surface area contributed by atoms with Crippen LogP contribution in [0, 0.1) is 36.4 Å². The van der Waals surface area contributed by atoms with E-state index in [-0.39, 0.29) is 82.4 Å². The summed E-state index contributed by atoms with van der Waals surface area (Å²) in [5, 5.41) is 77.1. The number of carbonyl (C=O) groups is 4. The fraction of sp³-hybridized carbons (Fsp3) is 0.455. The highest BCUT2D eigenvalue weighted by atomic mass is 19.1. The van der Waals surface area contributed by atoms with Gasteiger partial charge in [0.15, 0.2) is 5.75 Å². The van der Waals surface area contributed by atoms with Crippen LogP contribution in [-0.2, 0) is 23.8 Å². The van der Waals surface area contributed by atoms with Crippen LogP contribution >= 0.6 is 0 Å². The second kappa shape index (κ2) is 21.3. The third kappa shape index (κ3) is 10.1. The van der Waals surface area contributed by atoms with E-state index in [2.05, 4.69) is 10.4 Å². The molecular formula is C55H64FN5O15. The highest BCUT2D eigenvalue weighted by Crippen LogP contribution is 2.55. The third-order valence-corrected chi connectivity index (χ3v) is 15.3. The number of hydrogen-bond acceptors (Lipinski definition) is 17. The Morgan fingerprint density at radius 2 is 1.61 bits per heavy atom. The zero-order valence-corrected chi connectivity index (χ0v) is 43.7. The van der Waals surface area contributed by atoms with Gasteiger partial charge in [0.05, 0.1) is 77.3 Å². The lowest BCUT2D eigenvalue weighted by molar-refractivity contribution is -0.160. The Kier molecular flexibility index (Phi) is 15.3. The maximum absolute atomic E-state index is 15.9. The molecule has 21 heteroatoms. The Labute approximate surface area is 436 Å². The number of ketones is 1. The number of anilines is 2. The fourth-order valence-electron chi connectivity index (χ4n) is 10.5. The van der Waals surface area contributed by atoms with Gasteiger partial charge in [-0.25, -0.2) is 9.18 Å². The maximum atomic E-state index is 15.9. The number of hydrazone groups is 1. The molecule has 1 aliphatic carbocycles. The second-order valence-corrected chi connectivity index (χ2v) is 20.4. The molecule has 4 aromatic rings. The van der Waals surface area contributed by atoms with Crippen LogP contribution in [0.1, 0.15) is 99.2 Å². The Balaban J connectivity index is 1.18. The molecule has 1 saturated carbocycles. The SMILES string of the molecule is CO[C@H]1/C=C/O[C@@]2(C)Oc3c(C)c(O)c4c(O)c(c(/C=N\N5CCN(c6cc7c(cc6F)c(=O)c(C(=O)O)cn7C6CC6)CC5)c(O)c4c3C2=O)NC(=O)/C(C)=C\C=C\[C@@H](C)[C@H](O)[C@@H](C)[C@H](O)[C@@H](C)[C@H](OC(C)=O)[C@@H]1C. The number of piperazine rings is 1. The summed E-state index contributed by atoms with van der Waals surface area (Å²) >= 11 is 0. The molecule has 2 fully saturated rings. The number of rotatable bonds is 7. The number of benzene rings is 3. The number of aliphatic hydroxyl groups excluding tert-OH is 2. The van der Waals surface area contributed by atoms with Crippen molar-refractivity contribution < 1.29 is 73.2 Å². The first-order valence-electron chi connectivity index (χ1n) is 25.1. The smallest absolute Gasteiger partial charge is 0.341 e. The number of aromatic nitrogens is 1. The molecule has 7 N–H and O–H groups in total. The van der Waals surface area contributed by atoms with Gasteiger partial charge >= 0.3 is 17.7 Å². The Morgan fingerprint density at radius 1 is 0.921 bits per heavy atom. The number of allylic oxidation sites excluding steroid dienone is 2. The summed E-state index contributed by atoms with van der Waals surface area (Å²) in [6.07, 6.45) is 7.17. The van der Waals surface area contributed by atoms with Gasteiger partial charge in [0.25, 0.3) is 11.7 Å². The first kappa shape index (κ1) is 54.8. The first-order chi connectivity index (χ1) is 35.9. The summed E-state index contributed by atoms with van der Waals surface area (Å²) in [6.45, 7) is 13.0. The molecule has 406 valence electrons. The predicted octanol–water partition coefficient (Wildman–Crippen LogP) is 6.40. The van der Waals surface area contributed by atoms with Crippen molar-refractivity contribution in [1.82, 2.24) is 9.58 Å². The molecule has 0 radical (unpaired) electrons. The summed E-state index contributed by atoms with van der Waals surface area (Å²) in [5.41, 5.74) is -1.47. The van der Waals surface area contributed by atoms with Crippen LogP contribution in [0.15, 0.2) is 64.4 Å². The molecule has 0 unspecified atom stereocenters. The van der Waals surface area contributed by atoms with Crippen molar-refractivity contribution in [2.75, 3.05) is 43.5 Å². The molecule has 3 aromatic carbocycles. The number of Topliss-reactive ketones (excluding diaryl/α,β-unsaturated/α-hetero) is 1. The van der Waals surface area contributed by atoms with E-state index in [0.29, 0.717) is 5.52 Å². The van der Waals surface area contributed by atoms with Crippen LogP contribution in [0.4, 0.5) is 15.8 Å². The summed E-state index contributed by atoms with van der Waals surface area (Å²) in [4.78, 5) is 67.9. The van der Waals surface area contributed by atoms with Crippen molar-refractivity contribution in [1.29, 1.82) is 0 Å². The minimum Gasteiger partial charge on any atom is -0.507 e. The van der Waals surface area contributed by atoms with E-state index in [4.69, 9.17) is 18.9 Å². The zero-order valence-electron chi connectivity index (χ0n) is 43.7. The van der Waals surface area contributed by atoms with Gasteiger partial charge in [-0.15, -0.1) is 0 Å². The standard InChI is InChI=1S/C55H64FN5O15/c1-25-11-10-12-26(2)53(70)58-43-34(23-57-60-18-16-59(17-19-60)38-22-37-33(21-36(38)56)47(66)35(54(71)72)24-61(37)32-13-14-32)48(67)40-41(49(43)68)46(65)30(6)51-42(40)52(69)55(8,76-51)74-20-15-39(73-9)27(3)50(75-31(7)62)29(5)45(64)28(4)44(25)63/h10-12,15,20-25,27-29,32,39,44-45,50,63-65,67-68H,13-14,16-19H2,1-9H3,(H,58,70)(H,71,72)/b11-10+,20-15+,26-12-,57-23-/t25-,27-,28-,29-,39+,44+,45+,50-,55+/m1/s1. The number of carboxylic acid groups (broad SMARTS) is 1. The molecule has 9 atom stereocenters. The number of hydrogen-bond donors (Lipinski definition) is 7. The number of ether oxygens (including phenoxy) is 4. The van der Waals surface area contributed by atoms with E-state index in [9.17, 15) is 54.6 Å². The quantitative estimate of drug-likeness (QED) is 0.0456. The van der Waals surface area contributed by atoms with E-state index in [0.717, 1.165) is 25.2 Å². The topological polar surface area (TPSA) is 279 Å².